The van der Waals surface area contributed by atoms with Crippen molar-refractivity contribution < 1.29 is 17.6 Å². The molecule has 1 N–H and O–H groups in total. The molecular formula is C17H20BrN3O4S. The van der Waals surface area contributed by atoms with Gasteiger partial charge >= 0.3 is 0 Å². The highest BCUT2D eigenvalue weighted by Crippen LogP contribution is 2.23. The van der Waals surface area contributed by atoms with Crippen LogP contribution in [0.5, 0.6) is 0 Å². The molecule has 0 aliphatic carbocycles. The Bertz CT molecular complexity index is 931. The minimum atomic E-state index is -3.64. The number of hydrogen-bond acceptors (Lipinski definition) is 5. The van der Waals surface area contributed by atoms with E-state index in [1.807, 2.05) is 19.1 Å². The van der Waals surface area contributed by atoms with E-state index in [9.17, 15) is 13.2 Å². The van der Waals surface area contributed by atoms with E-state index in [2.05, 4.69) is 26.5 Å². The predicted molar refractivity (Wildman–Crippen MR) is 105 cm³/mol. The van der Waals surface area contributed by atoms with Gasteiger partial charge in [-0.2, -0.15) is 5.10 Å². The Balaban J connectivity index is 2.13. The lowest BCUT2D eigenvalue weighted by Gasteiger charge is -2.23. The zero-order valence-electron chi connectivity index (χ0n) is 14.9. The van der Waals surface area contributed by atoms with Gasteiger partial charge in [0.1, 0.15) is 18.1 Å². The molecule has 2 aromatic rings. The van der Waals surface area contributed by atoms with E-state index in [1.165, 1.54) is 6.21 Å². The van der Waals surface area contributed by atoms with Crippen LogP contribution in [-0.4, -0.2) is 33.3 Å². The average Bonchev–Trinajstić information content (AvgIpc) is 2.85. The Labute approximate surface area is 161 Å². The fourth-order valence-electron chi connectivity index (χ4n) is 2.25. The van der Waals surface area contributed by atoms with Gasteiger partial charge in [0.05, 0.1) is 22.6 Å². The van der Waals surface area contributed by atoms with E-state index in [1.54, 1.807) is 26.0 Å². The molecule has 1 amide bonds. The molecule has 0 atom stereocenters. The van der Waals surface area contributed by atoms with Gasteiger partial charge in [0.25, 0.3) is 5.91 Å². The van der Waals surface area contributed by atoms with Crippen molar-refractivity contribution >= 4 is 43.8 Å². The highest BCUT2D eigenvalue weighted by molar-refractivity contribution is 9.10. The van der Waals surface area contributed by atoms with Crippen LogP contribution in [-0.2, 0) is 14.8 Å². The third-order valence-electron chi connectivity index (χ3n) is 3.58. The maximum absolute atomic E-state index is 12.2. The second-order valence-corrected chi connectivity index (χ2v) is 8.67. The molecule has 0 bridgehead atoms. The summed E-state index contributed by atoms with van der Waals surface area (Å²) >= 11 is 3.31. The van der Waals surface area contributed by atoms with Crippen LogP contribution in [0.25, 0.3) is 0 Å². The van der Waals surface area contributed by atoms with Crippen molar-refractivity contribution in [2.24, 2.45) is 5.10 Å². The second-order valence-electron chi connectivity index (χ2n) is 5.91. The summed E-state index contributed by atoms with van der Waals surface area (Å²) < 4.78 is 31.5. The fraction of sp³-hybridized carbons (Fsp3) is 0.294. The van der Waals surface area contributed by atoms with Gasteiger partial charge in [-0.3, -0.25) is 9.10 Å². The molecule has 9 heteroatoms. The summed E-state index contributed by atoms with van der Waals surface area (Å²) in [5.41, 5.74) is 4.44. The van der Waals surface area contributed by atoms with E-state index < -0.39 is 15.9 Å². The van der Waals surface area contributed by atoms with Crippen molar-refractivity contribution in [1.82, 2.24) is 5.43 Å². The lowest BCUT2D eigenvalue weighted by Crippen LogP contribution is -2.39. The largest absolute Gasteiger partial charge is 0.459 e. The standard InChI is InChI=1S/C17H20BrN3O4S/c1-11-5-6-12(2)16(7-11)21(26(4,23)24)10-17(22)20-19-9-14-8-15(18)13(3)25-14/h5-9H,10H2,1-4H3,(H,20,22)/b19-9+. The first kappa shape index (κ1) is 20.2. The van der Waals surface area contributed by atoms with Crippen molar-refractivity contribution in [3.8, 4) is 0 Å². The number of hydrazone groups is 1. The number of anilines is 1. The predicted octanol–water partition coefficient (Wildman–Crippen LogP) is 2.88. The second kappa shape index (κ2) is 8.05. The summed E-state index contributed by atoms with van der Waals surface area (Å²) in [7, 11) is -3.64. The minimum Gasteiger partial charge on any atom is -0.459 e. The number of carbonyl (C=O) groups is 1. The number of carbonyl (C=O) groups excluding carboxylic acids is 1. The van der Waals surface area contributed by atoms with Crippen molar-refractivity contribution in [3.05, 3.63) is 51.4 Å². The number of rotatable bonds is 6. The maximum Gasteiger partial charge on any atom is 0.260 e. The van der Waals surface area contributed by atoms with Gasteiger partial charge in [-0.1, -0.05) is 12.1 Å². The Kier molecular flexibility index (Phi) is 6.25. The third-order valence-corrected chi connectivity index (χ3v) is 5.49. The van der Waals surface area contributed by atoms with Crippen LogP contribution in [0.2, 0.25) is 0 Å². The molecule has 0 saturated heterocycles. The molecule has 0 spiro atoms. The highest BCUT2D eigenvalue weighted by Gasteiger charge is 2.22. The van der Waals surface area contributed by atoms with Gasteiger partial charge in [0.15, 0.2) is 0 Å². The van der Waals surface area contributed by atoms with Gasteiger partial charge in [-0.15, -0.1) is 0 Å². The number of halogens is 1. The van der Waals surface area contributed by atoms with E-state index in [0.717, 1.165) is 26.2 Å². The van der Waals surface area contributed by atoms with Gasteiger partial charge in [-0.05, 0) is 53.9 Å². The van der Waals surface area contributed by atoms with Crippen LogP contribution in [0.15, 0.2) is 38.3 Å². The summed E-state index contributed by atoms with van der Waals surface area (Å²) in [6, 6.07) is 7.14. The lowest BCUT2D eigenvalue weighted by molar-refractivity contribution is -0.119. The number of nitrogens with zero attached hydrogens (tertiary/aromatic N) is 2. The summed E-state index contributed by atoms with van der Waals surface area (Å²) in [6.07, 6.45) is 2.41. The molecule has 0 fully saturated rings. The molecule has 1 aromatic heterocycles. The van der Waals surface area contributed by atoms with Crippen LogP contribution in [0, 0.1) is 20.8 Å². The van der Waals surface area contributed by atoms with E-state index in [0.29, 0.717) is 17.2 Å². The van der Waals surface area contributed by atoms with Crippen molar-refractivity contribution in [2.45, 2.75) is 20.8 Å². The number of benzene rings is 1. The quantitative estimate of drug-likeness (QED) is 0.550. The third kappa shape index (κ3) is 5.18. The van der Waals surface area contributed by atoms with Crippen molar-refractivity contribution in [3.63, 3.8) is 0 Å². The molecule has 1 heterocycles. The molecule has 2 rings (SSSR count). The summed E-state index contributed by atoms with van der Waals surface area (Å²) in [5, 5.41) is 3.80. The average molecular weight is 442 g/mol. The van der Waals surface area contributed by atoms with Crippen LogP contribution in [0.4, 0.5) is 5.69 Å². The fourth-order valence-corrected chi connectivity index (χ4v) is 3.46. The number of hydrogen-bond donors (Lipinski definition) is 1. The number of aryl methyl sites for hydroxylation is 3. The van der Waals surface area contributed by atoms with Crippen molar-refractivity contribution in [1.29, 1.82) is 0 Å². The molecule has 0 radical (unpaired) electrons. The molecule has 1 aromatic carbocycles. The SMILES string of the molecule is Cc1ccc(C)c(N(CC(=O)N/N=C/c2cc(Br)c(C)o2)S(C)(=O)=O)c1. The Morgan fingerprint density at radius 2 is 2.00 bits per heavy atom. The van der Waals surface area contributed by atoms with Gasteiger partial charge < -0.3 is 4.42 Å². The maximum atomic E-state index is 12.2. The first-order valence-corrected chi connectivity index (χ1v) is 10.3. The monoisotopic (exact) mass is 441 g/mol. The lowest BCUT2D eigenvalue weighted by atomic mass is 10.1. The molecular weight excluding hydrogens is 422 g/mol. The zero-order chi connectivity index (χ0) is 19.5. The van der Waals surface area contributed by atoms with Crippen LogP contribution >= 0.6 is 15.9 Å². The highest BCUT2D eigenvalue weighted by atomic mass is 79.9. The first-order valence-electron chi connectivity index (χ1n) is 7.70. The molecule has 0 aliphatic heterocycles. The van der Waals surface area contributed by atoms with E-state index >= 15 is 0 Å². The molecule has 7 nitrogen and oxygen atoms in total. The summed E-state index contributed by atoms with van der Waals surface area (Å²) in [5.74, 6) is 0.593. The zero-order valence-corrected chi connectivity index (χ0v) is 17.3. The number of sulfonamides is 1. The molecule has 0 saturated carbocycles. The topological polar surface area (TPSA) is 92.0 Å². The van der Waals surface area contributed by atoms with E-state index in [-0.39, 0.29) is 6.54 Å². The number of furan rings is 1. The minimum absolute atomic E-state index is 0.374. The Morgan fingerprint density at radius 1 is 1.31 bits per heavy atom. The van der Waals surface area contributed by atoms with Crippen LogP contribution in [0.1, 0.15) is 22.6 Å². The molecule has 140 valence electrons. The van der Waals surface area contributed by atoms with E-state index in [4.69, 9.17) is 4.42 Å². The van der Waals surface area contributed by atoms with Crippen LogP contribution in [0.3, 0.4) is 0 Å². The Hall–Kier alpha value is -2.13. The summed E-state index contributed by atoms with van der Waals surface area (Å²) in [4.78, 5) is 12.2. The van der Waals surface area contributed by atoms with Crippen LogP contribution < -0.4 is 9.73 Å². The molecule has 26 heavy (non-hydrogen) atoms. The molecule has 0 unspecified atom stereocenters. The smallest absolute Gasteiger partial charge is 0.260 e. The summed E-state index contributed by atoms with van der Waals surface area (Å²) in [6.45, 7) is 5.06. The number of nitrogens with one attached hydrogen (secondary N) is 1. The van der Waals surface area contributed by atoms with Gasteiger partial charge in [-0.25, -0.2) is 13.8 Å². The van der Waals surface area contributed by atoms with Gasteiger partial charge in [0.2, 0.25) is 10.0 Å². The number of amides is 1. The van der Waals surface area contributed by atoms with Crippen molar-refractivity contribution in [2.75, 3.05) is 17.1 Å². The molecule has 0 aliphatic rings. The normalized spacial score (nSPS) is 11.7. The first-order chi connectivity index (χ1) is 12.1. The Morgan fingerprint density at radius 3 is 2.58 bits per heavy atom. The van der Waals surface area contributed by atoms with Gasteiger partial charge in [0, 0.05) is 6.07 Å².